The molecule has 0 bridgehead atoms. The van der Waals surface area contributed by atoms with Crippen molar-refractivity contribution in [2.24, 2.45) is 0 Å². The minimum absolute atomic E-state index is 0.118. The lowest BCUT2D eigenvalue weighted by atomic mass is 10.1. The number of carbonyl (C=O) groups excluding carboxylic acids is 1. The lowest BCUT2D eigenvalue weighted by molar-refractivity contribution is 0.0939. The van der Waals surface area contributed by atoms with Crippen molar-refractivity contribution in [2.45, 2.75) is 32.9 Å². The first kappa shape index (κ1) is 15.9. The molecule has 0 saturated carbocycles. The van der Waals surface area contributed by atoms with Crippen LogP contribution in [0.4, 0.5) is 5.69 Å². The van der Waals surface area contributed by atoms with Crippen molar-refractivity contribution in [3.63, 3.8) is 0 Å². The molecule has 4 nitrogen and oxygen atoms in total. The fourth-order valence-corrected chi connectivity index (χ4v) is 2.17. The van der Waals surface area contributed by atoms with Gasteiger partial charge in [-0.05, 0) is 56.7 Å². The van der Waals surface area contributed by atoms with E-state index in [-0.39, 0.29) is 18.1 Å². The third-order valence-corrected chi connectivity index (χ3v) is 3.23. The molecule has 2 aromatic carbocycles. The van der Waals surface area contributed by atoms with Gasteiger partial charge in [-0.15, -0.1) is 0 Å². The predicted molar refractivity (Wildman–Crippen MR) is 88.9 cm³/mol. The second-order valence-electron chi connectivity index (χ2n) is 5.56. The molecule has 0 saturated heterocycles. The molecule has 2 rings (SSSR count). The van der Waals surface area contributed by atoms with E-state index in [2.05, 4.69) is 5.32 Å². The van der Waals surface area contributed by atoms with Gasteiger partial charge < -0.3 is 15.8 Å². The van der Waals surface area contributed by atoms with E-state index in [1.807, 2.05) is 45.0 Å². The summed E-state index contributed by atoms with van der Waals surface area (Å²) >= 11 is 0. The summed E-state index contributed by atoms with van der Waals surface area (Å²) in [7, 11) is 0. The van der Waals surface area contributed by atoms with Crippen molar-refractivity contribution >= 4 is 11.6 Å². The van der Waals surface area contributed by atoms with Gasteiger partial charge in [0, 0.05) is 11.3 Å². The van der Waals surface area contributed by atoms with E-state index in [0.29, 0.717) is 11.3 Å². The molecule has 1 atom stereocenters. The monoisotopic (exact) mass is 298 g/mol. The first-order chi connectivity index (χ1) is 10.5. The van der Waals surface area contributed by atoms with E-state index in [0.717, 1.165) is 11.3 Å². The number of carbonyl (C=O) groups is 1. The minimum atomic E-state index is -0.144. The van der Waals surface area contributed by atoms with Gasteiger partial charge in [-0.25, -0.2) is 0 Å². The normalized spacial score (nSPS) is 12.0. The van der Waals surface area contributed by atoms with E-state index in [4.69, 9.17) is 10.5 Å². The van der Waals surface area contributed by atoms with Gasteiger partial charge in [0.05, 0.1) is 12.1 Å². The summed E-state index contributed by atoms with van der Waals surface area (Å²) in [5.41, 5.74) is 7.84. The van der Waals surface area contributed by atoms with Gasteiger partial charge in [-0.1, -0.05) is 18.2 Å². The number of hydrogen-bond donors (Lipinski definition) is 2. The van der Waals surface area contributed by atoms with Crippen LogP contribution in [-0.4, -0.2) is 12.0 Å². The van der Waals surface area contributed by atoms with Gasteiger partial charge in [0.15, 0.2) is 0 Å². The average molecular weight is 298 g/mol. The molecular formula is C18H22N2O2. The Kier molecular flexibility index (Phi) is 5.04. The zero-order chi connectivity index (χ0) is 16.1. The van der Waals surface area contributed by atoms with Gasteiger partial charge in [0.25, 0.3) is 5.91 Å². The summed E-state index contributed by atoms with van der Waals surface area (Å²) in [6, 6.07) is 14.6. The van der Waals surface area contributed by atoms with E-state index in [1.54, 1.807) is 24.3 Å². The van der Waals surface area contributed by atoms with Crippen LogP contribution < -0.4 is 15.8 Å². The Labute approximate surface area is 131 Å². The van der Waals surface area contributed by atoms with Gasteiger partial charge in [0.2, 0.25) is 0 Å². The summed E-state index contributed by atoms with van der Waals surface area (Å²) < 4.78 is 5.68. The number of hydrogen-bond acceptors (Lipinski definition) is 3. The zero-order valence-corrected chi connectivity index (χ0v) is 13.2. The second-order valence-corrected chi connectivity index (χ2v) is 5.56. The van der Waals surface area contributed by atoms with Crippen molar-refractivity contribution in [3.05, 3.63) is 59.7 Å². The molecule has 0 aliphatic carbocycles. The SMILES string of the molecule is CC(C)Oc1cccc(C(C)NC(=O)c2cccc(N)c2)c1. The van der Waals surface area contributed by atoms with Crippen LogP contribution in [0.15, 0.2) is 48.5 Å². The number of nitrogens with two attached hydrogens (primary N) is 1. The number of nitrogens with one attached hydrogen (secondary N) is 1. The van der Waals surface area contributed by atoms with Gasteiger partial charge in [-0.3, -0.25) is 4.79 Å². The van der Waals surface area contributed by atoms with Crippen molar-refractivity contribution < 1.29 is 9.53 Å². The molecule has 0 radical (unpaired) electrons. The summed E-state index contributed by atoms with van der Waals surface area (Å²) in [6.45, 7) is 5.91. The Balaban J connectivity index is 2.08. The van der Waals surface area contributed by atoms with Crippen molar-refractivity contribution in [2.75, 3.05) is 5.73 Å². The smallest absolute Gasteiger partial charge is 0.251 e. The third kappa shape index (κ3) is 4.25. The lowest BCUT2D eigenvalue weighted by Gasteiger charge is -2.16. The molecule has 0 aliphatic rings. The Hall–Kier alpha value is -2.49. The van der Waals surface area contributed by atoms with Crippen molar-refractivity contribution in [3.8, 4) is 5.75 Å². The molecule has 1 unspecified atom stereocenters. The highest BCUT2D eigenvalue weighted by Crippen LogP contribution is 2.20. The van der Waals surface area contributed by atoms with Crippen LogP contribution in [0, 0.1) is 0 Å². The highest BCUT2D eigenvalue weighted by atomic mass is 16.5. The van der Waals surface area contributed by atoms with Crippen molar-refractivity contribution in [1.29, 1.82) is 0 Å². The zero-order valence-electron chi connectivity index (χ0n) is 13.2. The highest BCUT2D eigenvalue weighted by molar-refractivity contribution is 5.95. The molecule has 0 spiro atoms. The standard InChI is InChI=1S/C18H22N2O2/c1-12(2)22-17-9-5-6-14(11-17)13(3)20-18(21)15-7-4-8-16(19)10-15/h4-13H,19H2,1-3H3,(H,20,21). The first-order valence-corrected chi connectivity index (χ1v) is 7.38. The first-order valence-electron chi connectivity index (χ1n) is 7.38. The molecule has 3 N–H and O–H groups in total. The number of rotatable bonds is 5. The number of amides is 1. The number of ether oxygens (including phenoxy) is 1. The summed E-state index contributed by atoms with van der Waals surface area (Å²) in [6.07, 6.45) is 0.118. The van der Waals surface area contributed by atoms with Crippen LogP contribution >= 0.6 is 0 Å². The largest absolute Gasteiger partial charge is 0.491 e. The highest BCUT2D eigenvalue weighted by Gasteiger charge is 2.12. The van der Waals surface area contributed by atoms with E-state index in [1.165, 1.54) is 0 Å². The Morgan fingerprint density at radius 1 is 1.09 bits per heavy atom. The van der Waals surface area contributed by atoms with Crippen LogP contribution in [0.1, 0.15) is 42.7 Å². The quantitative estimate of drug-likeness (QED) is 0.830. The average Bonchev–Trinajstić information content (AvgIpc) is 2.46. The predicted octanol–water partition coefficient (Wildman–Crippen LogP) is 3.55. The molecular weight excluding hydrogens is 276 g/mol. The number of anilines is 1. The summed E-state index contributed by atoms with van der Waals surface area (Å²) in [5.74, 6) is 0.660. The molecule has 1 amide bonds. The van der Waals surface area contributed by atoms with Crippen molar-refractivity contribution in [1.82, 2.24) is 5.32 Å². The maximum atomic E-state index is 12.2. The van der Waals surface area contributed by atoms with Gasteiger partial charge >= 0.3 is 0 Å². The van der Waals surface area contributed by atoms with E-state index >= 15 is 0 Å². The second kappa shape index (κ2) is 6.98. The molecule has 0 heterocycles. The van der Waals surface area contributed by atoms with Gasteiger partial charge in [0.1, 0.15) is 5.75 Å². The molecule has 4 heteroatoms. The Morgan fingerprint density at radius 3 is 2.50 bits per heavy atom. The van der Waals surface area contributed by atoms with Crippen LogP contribution in [0.3, 0.4) is 0 Å². The lowest BCUT2D eigenvalue weighted by Crippen LogP contribution is -2.26. The van der Waals surface area contributed by atoms with Crippen LogP contribution in [0.2, 0.25) is 0 Å². The molecule has 2 aromatic rings. The topological polar surface area (TPSA) is 64.3 Å². The summed E-state index contributed by atoms with van der Waals surface area (Å²) in [5, 5.41) is 2.97. The molecule has 0 aromatic heterocycles. The maximum Gasteiger partial charge on any atom is 0.251 e. The van der Waals surface area contributed by atoms with Crippen LogP contribution in [-0.2, 0) is 0 Å². The molecule has 22 heavy (non-hydrogen) atoms. The van der Waals surface area contributed by atoms with Crippen LogP contribution in [0.25, 0.3) is 0 Å². The number of benzene rings is 2. The summed E-state index contributed by atoms with van der Waals surface area (Å²) in [4.78, 5) is 12.2. The maximum absolute atomic E-state index is 12.2. The number of nitrogen functional groups attached to an aromatic ring is 1. The van der Waals surface area contributed by atoms with E-state index < -0.39 is 0 Å². The Bertz CT molecular complexity index is 653. The fraction of sp³-hybridized carbons (Fsp3) is 0.278. The minimum Gasteiger partial charge on any atom is -0.491 e. The molecule has 0 aliphatic heterocycles. The van der Waals surface area contributed by atoms with E-state index in [9.17, 15) is 4.79 Å². The fourth-order valence-electron chi connectivity index (χ4n) is 2.17. The van der Waals surface area contributed by atoms with Gasteiger partial charge in [-0.2, -0.15) is 0 Å². The molecule has 0 fully saturated rings. The molecule has 116 valence electrons. The third-order valence-electron chi connectivity index (χ3n) is 3.23. The Morgan fingerprint density at radius 2 is 1.82 bits per heavy atom. The van der Waals surface area contributed by atoms with Crippen LogP contribution in [0.5, 0.6) is 5.75 Å².